The molecule has 0 saturated heterocycles. The summed E-state index contributed by atoms with van der Waals surface area (Å²) in [5.74, 6) is 1.15. The highest BCUT2D eigenvalue weighted by atomic mass is 19.1. The molecule has 2 N–H and O–H groups in total. The minimum Gasteiger partial charge on any atom is -0.495 e. The highest BCUT2D eigenvalue weighted by Gasteiger charge is 2.43. The van der Waals surface area contributed by atoms with Crippen molar-refractivity contribution in [1.82, 2.24) is 24.6 Å². The number of anilines is 2. The fraction of sp³-hybridized carbons (Fsp3) is 0.250. The third-order valence-corrected chi connectivity index (χ3v) is 5.09. The highest BCUT2D eigenvalue weighted by Crippen LogP contribution is 2.35. The van der Waals surface area contributed by atoms with Gasteiger partial charge >= 0.3 is 0 Å². The minimum atomic E-state index is -1.07. The number of ether oxygens (including phenoxy) is 1. The van der Waals surface area contributed by atoms with Crippen LogP contribution < -0.4 is 15.4 Å². The van der Waals surface area contributed by atoms with Crippen LogP contribution in [0.3, 0.4) is 0 Å². The van der Waals surface area contributed by atoms with Crippen LogP contribution >= 0.6 is 0 Å². The van der Waals surface area contributed by atoms with Crippen molar-refractivity contribution in [3.05, 3.63) is 36.8 Å². The number of carbonyl (C=O) groups excluding carboxylic acids is 1. The molecule has 0 unspecified atom stereocenters. The van der Waals surface area contributed by atoms with E-state index in [1.807, 2.05) is 12.1 Å². The van der Waals surface area contributed by atoms with E-state index in [0.29, 0.717) is 34.4 Å². The largest absolute Gasteiger partial charge is 0.495 e. The van der Waals surface area contributed by atoms with Crippen molar-refractivity contribution in [2.75, 3.05) is 24.8 Å². The topological polar surface area (TPSA) is 106 Å². The number of halogens is 1. The standard InChI is InChI=1S/C20H18FN7O2/c1-22-18-13-7-23-16(25-20(29)12-5-15(12)21)6-11(13)14(8-24-18)19-26-17-4-3-10(30-2)9-28(17)27-19/h3-4,6-9,12,15H,5H2,1-2H3,(H,22,24)(H,23,25,29)/t12-,15+/m0/s1. The van der Waals surface area contributed by atoms with Crippen molar-refractivity contribution in [2.24, 2.45) is 5.92 Å². The van der Waals surface area contributed by atoms with Crippen LogP contribution in [-0.2, 0) is 4.79 Å². The predicted molar refractivity (Wildman–Crippen MR) is 109 cm³/mol. The lowest BCUT2D eigenvalue weighted by molar-refractivity contribution is -0.117. The van der Waals surface area contributed by atoms with Crippen LogP contribution in [-0.4, -0.2) is 50.8 Å². The van der Waals surface area contributed by atoms with E-state index in [-0.39, 0.29) is 12.3 Å². The van der Waals surface area contributed by atoms with Crippen LogP contribution in [0.1, 0.15) is 6.42 Å². The van der Waals surface area contributed by atoms with E-state index >= 15 is 0 Å². The van der Waals surface area contributed by atoms with Crippen LogP contribution in [0.25, 0.3) is 27.8 Å². The van der Waals surface area contributed by atoms with Gasteiger partial charge in [0.2, 0.25) is 5.91 Å². The lowest BCUT2D eigenvalue weighted by atomic mass is 10.1. The van der Waals surface area contributed by atoms with Gasteiger partial charge in [-0.3, -0.25) is 4.79 Å². The van der Waals surface area contributed by atoms with E-state index in [4.69, 9.17) is 4.74 Å². The Labute approximate surface area is 170 Å². The lowest BCUT2D eigenvalue weighted by Gasteiger charge is -2.10. The summed E-state index contributed by atoms with van der Waals surface area (Å²) in [6, 6.07) is 5.35. The molecule has 30 heavy (non-hydrogen) atoms. The van der Waals surface area contributed by atoms with Crippen LogP contribution in [0.2, 0.25) is 0 Å². The first-order chi connectivity index (χ1) is 14.6. The normalized spacial score (nSPS) is 17.8. The summed E-state index contributed by atoms with van der Waals surface area (Å²) in [7, 11) is 3.35. The summed E-state index contributed by atoms with van der Waals surface area (Å²) in [4.78, 5) is 25.4. The zero-order chi connectivity index (χ0) is 20.8. The van der Waals surface area contributed by atoms with Crippen molar-refractivity contribution in [3.63, 3.8) is 0 Å². The monoisotopic (exact) mass is 407 g/mol. The number of alkyl halides is 1. The van der Waals surface area contributed by atoms with Crippen molar-refractivity contribution in [2.45, 2.75) is 12.6 Å². The Bertz CT molecular complexity index is 1290. The molecule has 9 nitrogen and oxygen atoms in total. The van der Waals surface area contributed by atoms with Gasteiger partial charge in [0.1, 0.15) is 23.6 Å². The third-order valence-electron chi connectivity index (χ3n) is 5.09. The summed E-state index contributed by atoms with van der Waals surface area (Å²) >= 11 is 0. The molecule has 4 aromatic heterocycles. The molecule has 4 heterocycles. The van der Waals surface area contributed by atoms with Gasteiger partial charge in [-0.1, -0.05) is 0 Å². The summed E-state index contributed by atoms with van der Waals surface area (Å²) in [6.45, 7) is 0. The number of fused-ring (bicyclic) bond motifs is 2. The molecule has 1 aliphatic carbocycles. The molecule has 1 saturated carbocycles. The number of pyridine rings is 3. The molecule has 2 atom stereocenters. The Morgan fingerprint density at radius 2 is 2.10 bits per heavy atom. The fourth-order valence-electron chi connectivity index (χ4n) is 3.33. The molecule has 0 bridgehead atoms. The number of hydrogen-bond acceptors (Lipinski definition) is 7. The van der Waals surface area contributed by atoms with Crippen LogP contribution in [0.15, 0.2) is 36.8 Å². The maximum atomic E-state index is 13.2. The molecule has 152 valence electrons. The zero-order valence-electron chi connectivity index (χ0n) is 16.3. The molecule has 1 aliphatic rings. The molecule has 4 aromatic rings. The van der Waals surface area contributed by atoms with Gasteiger partial charge < -0.3 is 15.4 Å². The summed E-state index contributed by atoms with van der Waals surface area (Å²) < 4.78 is 20.1. The van der Waals surface area contributed by atoms with Gasteiger partial charge in [-0.2, -0.15) is 0 Å². The van der Waals surface area contributed by atoms with Crippen molar-refractivity contribution >= 4 is 34.0 Å². The van der Waals surface area contributed by atoms with Crippen molar-refractivity contribution < 1.29 is 13.9 Å². The van der Waals surface area contributed by atoms with Gasteiger partial charge in [0.15, 0.2) is 11.5 Å². The number of rotatable bonds is 5. The lowest BCUT2D eigenvalue weighted by Crippen LogP contribution is -2.15. The Morgan fingerprint density at radius 1 is 1.27 bits per heavy atom. The minimum absolute atomic E-state index is 0.257. The average Bonchev–Trinajstić information content (AvgIpc) is 3.35. The second kappa shape index (κ2) is 6.90. The van der Waals surface area contributed by atoms with E-state index < -0.39 is 12.1 Å². The predicted octanol–water partition coefficient (Wildman–Crippen LogP) is 2.69. The molecule has 0 radical (unpaired) electrons. The van der Waals surface area contributed by atoms with Crippen LogP contribution in [0.4, 0.5) is 16.0 Å². The van der Waals surface area contributed by atoms with Gasteiger partial charge in [0.25, 0.3) is 0 Å². The molecule has 5 rings (SSSR count). The van der Waals surface area contributed by atoms with Crippen LogP contribution in [0, 0.1) is 5.92 Å². The van der Waals surface area contributed by atoms with Crippen molar-refractivity contribution in [1.29, 1.82) is 0 Å². The summed E-state index contributed by atoms with van der Waals surface area (Å²) in [5, 5.41) is 11.8. The molecule has 0 aromatic carbocycles. The molecule has 0 aliphatic heterocycles. The Balaban J connectivity index is 1.61. The number of nitrogens with zero attached hydrogens (tertiary/aromatic N) is 5. The number of methoxy groups -OCH3 is 1. The van der Waals surface area contributed by atoms with E-state index in [9.17, 15) is 9.18 Å². The average molecular weight is 407 g/mol. The maximum Gasteiger partial charge on any atom is 0.231 e. The Hall–Kier alpha value is -3.82. The van der Waals surface area contributed by atoms with E-state index in [1.165, 1.54) is 0 Å². The Kier molecular flexibility index (Phi) is 4.19. The molecular weight excluding hydrogens is 389 g/mol. The van der Waals surface area contributed by atoms with Gasteiger partial charge in [-0.05, 0) is 24.6 Å². The molecular formula is C20H18FN7O2. The Morgan fingerprint density at radius 3 is 2.83 bits per heavy atom. The van der Waals surface area contributed by atoms with Gasteiger partial charge in [0.05, 0.1) is 19.2 Å². The zero-order valence-corrected chi connectivity index (χ0v) is 16.3. The first kappa shape index (κ1) is 18.2. The quantitative estimate of drug-likeness (QED) is 0.524. The van der Waals surface area contributed by atoms with Gasteiger partial charge in [0, 0.05) is 35.8 Å². The summed E-state index contributed by atoms with van der Waals surface area (Å²) in [5.41, 5.74) is 1.33. The number of carbonyl (C=O) groups is 1. The van der Waals surface area contributed by atoms with E-state index in [1.54, 1.807) is 43.3 Å². The molecule has 10 heteroatoms. The summed E-state index contributed by atoms with van der Waals surface area (Å²) in [6.07, 6.45) is 4.21. The van der Waals surface area contributed by atoms with E-state index in [2.05, 4.69) is 30.7 Å². The first-order valence-corrected chi connectivity index (χ1v) is 9.39. The number of nitrogens with one attached hydrogen (secondary N) is 2. The van der Waals surface area contributed by atoms with Crippen molar-refractivity contribution in [3.8, 4) is 17.1 Å². The molecule has 0 spiro atoms. The fourth-order valence-corrected chi connectivity index (χ4v) is 3.33. The third kappa shape index (κ3) is 3.06. The SMILES string of the molecule is CNc1ncc(-c2nc3ccc(OC)cn3n2)c2cc(NC(=O)[C@H]3C[C@H]3F)ncc12. The highest BCUT2D eigenvalue weighted by molar-refractivity contribution is 6.03. The second-order valence-electron chi connectivity index (χ2n) is 7.04. The van der Waals surface area contributed by atoms with Gasteiger partial charge in [-0.25, -0.2) is 23.9 Å². The van der Waals surface area contributed by atoms with E-state index in [0.717, 1.165) is 10.8 Å². The smallest absolute Gasteiger partial charge is 0.231 e. The van der Waals surface area contributed by atoms with Crippen LogP contribution in [0.5, 0.6) is 5.75 Å². The number of aromatic nitrogens is 5. The number of hydrogen-bond donors (Lipinski definition) is 2. The molecule has 1 amide bonds. The second-order valence-corrected chi connectivity index (χ2v) is 7.04. The first-order valence-electron chi connectivity index (χ1n) is 9.39. The maximum absolute atomic E-state index is 13.2. The number of amides is 1. The molecule has 1 fully saturated rings. The van der Waals surface area contributed by atoms with Gasteiger partial charge in [-0.15, -0.1) is 5.10 Å².